The summed E-state index contributed by atoms with van der Waals surface area (Å²) in [6.45, 7) is 11.0. The van der Waals surface area contributed by atoms with Gasteiger partial charge in [-0.05, 0) is 46.4 Å². The van der Waals surface area contributed by atoms with Crippen molar-refractivity contribution in [3.8, 4) is 0 Å². The van der Waals surface area contributed by atoms with Gasteiger partial charge in [0.2, 0.25) is 0 Å². The van der Waals surface area contributed by atoms with Gasteiger partial charge in [0.05, 0.1) is 0 Å². The van der Waals surface area contributed by atoms with Gasteiger partial charge in [-0.15, -0.1) is 0 Å². The Morgan fingerprint density at radius 1 is 1.26 bits per heavy atom. The van der Waals surface area contributed by atoms with Gasteiger partial charge in [0.1, 0.15) is 11.6 Å². The van der Waals surface area contributed by atoms with Crippen molar-refractivity contribution < 1.29 is 19.4 Å². The van der Waals surface area contributed by atoms with Crippen LogP contribution in [-0.4, -0.2) is 35.2 Å². The summed E-state index contributed by atoms with van der Waals surface area (Å²) in [6.07, 6.45) is 0. The molecule has 0 aromatic heterocycles. The highest BCUT2D eigenvalue weighted by molar-refractivity contribution is 5.94. The third kappa shape index (κ3) is 6.86. The minimum absolute atomic E-state index is 0.0887. The van der Waals surface area contributed by atoms with Gasteiger partial charge < -0.3 is 20.5 Å². The number of carboxylic acid groups (broad SMARTS) is 1. The number of benzene rings is 1. The van der Waals surface area contributed by atoms with Crippen molar-refractivity contribution in [2.45, 2.75) is 39.3 Å². The van der Waals surface area contributed by atoms with Crippen molar-refractivity contribution in [3.05, 3.63) is 47.9 Å². The zero-order chi connectivity index (χ0) is 17.6. The van der Waals surface area contributed by atoms with Crippen LogP contribution in [0.3, 0.4) is 0 Å². The van der Waals surface area contributed by atoms with Gasteiger partial charge in [0.25, 0.3) is 5.91 Å². The van der Waals surface area contributed by atoms with Crippen LogP contribution in [0.5, 0.6) is 0 Å². The fourth-order valence-corrected chi connectivity index (χ4v) is 1.80. The Labute approximate surface area is 136 Å². The molecule has 3 N–H and O–H groups in total. The van der Waals surface area contributed by atoms with E-state index in [9.17, 15) is 14.7 Å². The van der Waals surface area contributed by atoms with Crippen LogP contribution in [0.2, 0.25) is 0 Å². The van der Waals surface area contributed by atoms with Crippen LogP contribution in [-0.2, 0) is 9.53 Å². The fourth-order valence-electron chi connectivity index (χ4n) is 1.80. The quantitative estimate of drug-likeness (QED) is 0.669. The van der Waals surface area contributed by atoms with E-state index in [1.807, 2.05) is 39.8 Å². The lowest BCUT2D eigenvalue weighted by atomic mass is 10.1. The summed E-state index contributed by atoms with van der Waals surface area (Å²) >= 11 is 0. The topological polar surface area (TPSA) is 87.7 Å². The Hall–Kier alpha value is -2.50. The number of aryl methyl sites for hydroxylation is 1. The van der Waals surface area contributed by atoms with Gasteiger partial charge in [0.15, 0.2) is 5.88 Å². The SMILES string of the molecule is C=C(N[C@@H](CNC(=O)c1ccc(C)cc1)C(=O)O)OC(C)(C)C. The molecule has 1 rings (SSSR count). The maximum Gasteiger partial charge on any atom is 0.328 e. The van der Waals surface area contributed by atoms with E-state index in [0.717, 1.165) is 5.56 Å². The van der Waals surface area contributed by atoms with Crippen LogP contribution < -0.4 is 10.6 Å². The van der Waals surface area contributed by atoms with Crippen LogP contribution in [0.25, 0.3) is 0 Å². The summed E-state index contributed by atoms with van der Waals surface area (Å²) < 4.78 is 5.44. The van der Waals surface area contributed by atoms with E-state index < -0.39 is 17.6 Å². The molecule has 0 aliphatic rings. The largest absolute Gasteiger partial charge is 0.480 e. The zero-order valence-electron chi connectivity index (χ0n) is 14.0. The minimum Gasteiger partial charge on any atom is -0.480 e. The number of carboxylic acids is 1. The molecule has 0 saturated heterocycles. The van der Waals surface area contributed by atoms with Crippen molar-refractivity contribution in [2.75, 3.05) is 6.54 Å². The van der Waals surface area contributed by atoms with E-state index in [1.165, 1.54) is 0 Å². The molecule has 0 radical (unpaired) electrons. The molecule has 0 aliphatic heterocycles. The molecule has 0 saturated carbocycles. The maximum absolute atomic E-state index is 12.0. The zero-order valence-corrected chi connectivity index (χ0v) is 14.0. The van der Waals surface area contributed by atoms with Crippen molar-refractivity contribution in [1.29, 1.82) is 0 Å². The first kappa shape index (κ1) is 18.5. The Kier molecular flexibility index (Phi) is 6.18. The first-order valence-corrected chi connectivity index (χ1v) is 7.30. The minimum atomic E-state index is -1.10. The van der Waals surface area contributed by atoms with Gasteiger partial charge in [-0.1, -0.05) is 17.7 Å². The maximum atomic E-state index is 12.0. The lowest BCUT2D eigenvalue weighted by molar-refractivity contribution is -0.139. The number of hydrogen-bond acceptors (Lipinski definition) is 4. The summed E-state index contributed by atoms with van der Waals surface area (Å²) in [5.74, 6) is -1.29. The smallest absolute Gasteiger partial charge is 0.328 e. The molecular formula is C17H24N2O4. The second-order valence-electron chi connectivity index (χ2n) is 6.25. The molecule has 0 fully saturated rings. The number of ether oxygens (including phenoxy) is 1. The second-order valence-corrected chi connectivity index (χ2v) is 6.25. The average molecular weight is 320 g/mol. The Bertz CT molecular complexity index is 573. The van der Waals surface area contributed by atoms with E-state index in [0.29, 0.717) is 5.56 Å². The molecule has 0 heterocycles. The van der Waals surface area contributed by atoms with Crippen LogP contribution in [0, 0.1) is 6.92 Å². The Morgan fingerprint density at radius 3 is 2.30 bits per heavy atom. The molecule has 0 spiro atoms. The highest BCUT2D eigenvalue weighted by atomic mass is 16.5. The van der Waals surface area contributed by atoms with E-state index in [-0.39, 0.29) is 18.3 Å². The van der Waals surface area contributed by atoms with Crippen LogP contribution >= 0.6 is 0 Å². The van der Waals surface area contributed by atoms with E-state index in [2.05, 4.69) is 17.2 Å². The molecule has 23 heavy (non-hydrogen) atoms. The lowest BCUT2D eigenvalue weighted by Gasteiger charge is -2.25. The Balaban J connectivity index is 2.59. The molecule has 6 heteroatoms. The number of carbonyl (C=O) groups is 2. The predicted molar refractivity (Wildman–Crippen MR) is 88.0 cm³/mol. The van der Waals surface area contributed by atoms with Gasteiger partial charge in [-0.25, -0.2) is 4.79 Å². The third-order valence-corrected chi connectivity index (χ3v) is 2.84. The molecule has 126 valence electrons. The number of carbonyl (C=O) groups excluding carboxylic acids is 1. The van der Waals surface area contributed by atoms with Crippen LogP contribution in [0.4, 0.5) is 0 Å². The molecule has 6 nitrogen and oxygen atoms in total. The number of nitrogens with one attached hydrogen (secondary N) is 2. The lowest BCUT2D eigenvalue weighted by Crippen LogP contribution is -2.46. The third-order valence-electron chi connectivity index (χ3n) is 2.84. The summed E-state index contributed by atoms with van der Waals surface area (Å²) in [5.41, 5.74) is 1.03. The standard InChI is InChI=1S/C17H24N2O4/c1-11-6-8-13(9-7-11)15(20)18-10-14(16(21)22)19-12(2)23-17(3,4)5/h6-9,14,19H,2,10H2,1,3-5H3,(H,18,20)(H,21,22)/t14-/m0/s1. The number of amides is 1. The first-order chi connectivity index (χ1) is 10.6. The number of aliphatic carboxylic acids is 1. The molecule has 1 aromatic carbocycles. The van der Waals surface area contributed by atoms with Crippen molar-refractivity contribution >= 4 is 11.9 Å². The normalized spacial score (nSPS) is 12.2. The monoisotopic (exact) mass is 320 g/mol. The van der Waals surface area contributed by atoms with Gasteiger partial charge in [-0.3, -0.25) is 4.79 Å². The number of hydrogen-bond donors (Lipinski definition) is 3. The van der Waals surface area contributed by atoms with Gasteiger partial charge in [-0.2, -0.15) is 0 Å². The Morgan fingerprint density at radius 2 is 1.83 bits per heavy atom. The van der Waals surface area contributed by atoms with Crippen LogP contribution in [0.15, 0.2) is 36.7 Å². The molecule has 1 aromatic rings. The summed E-state index contributed by atoms with van der Waals surface area (Å²) in [7, 11) is 0. The first-order valence-electron chi connectivity index (χ1n) is 7.30. The highest BCUT2D eigenvalue weighted by Gasteiger charge is 2.21. The fraction of sp³-hybridized carbons (Fsp3) is 0.412. The summed E-state index contributed by atoms with van der Waals surface area (Å²) in [6, 6.07) is 5.99. The molecule has 0 aliphatic carbocycles. The van der Waals surface area contributed by atoms with Crippen molar-refractivity contribution in [2.24, 2.45) is 0 Å². The molecule has 1 atom stereocenters. The highest BCUT2D eigenvalue weighted by Crippen LogP contribution is 2.10. The van der Waals surface area contributed by atoms with Crippen molar-refractivity contribution in [1.82, 2.24) is 10.6 Å². The molecule has 1 amide bonds. The van der Waals surface area contributed by atoms with E-state index in [4.69, 9.17) is 4.74 Å². The molecule has 0 bridgehead atoms. The predicted octanol–water partition coefficient (Wildman–Crippen LogP) is 2.05. The van der Waals surface area contributed by atoms with Gasteiger partial charge >= 0.3 is 5.97 Å². The second kappa shape index (κ2) is 7.67. The molecule has 0 unspecified atom stereocenters. The molecular weight excluding hydrogens is 296 g/mol. The number of rotatable bonds is 7. The summed E-state index contributed by atoms with van der Waals surface area (Å²) in [4.78, 5) is 23.3. The van der Waals surface area contributed by atoms with E-state index in [1.54, 1.807) is 12.1 Å². The van der Waals surface area contributed by atoms with Crippen molar-refractivity contribution in [3.63, 3.8) is 0 Å². The van der Waals surface area contributed by atoms with E-state index >= 15 is 0 Å². The average Bonchev–Trinajstić information content (AvgIpc) is 2.41. The van der Waals surface area contributed by atoms with Crippen LogP contribution in [0.1, 0.15) is 36.7 Å². The van der Waals surface area contributed by atoms with Gasteiger partial charge in [0, 0.05) is 12.1 Å². The summed E-state index contributed by atoms with van der Waals surface area (Å²) in [5, 5.41) is 14.5.